The summed E-state index contributed by atoms with van der Waals surface area (Å²) < 4.78 is 6.53. The first-order chi connectivity index (χ1) is 8.11. The molecule has 2 aromatic heterocycles. The molecule has 0 amide bonds. The predicted octanol–water partition coefficient (Wildman–Crippen LogP) is -0.767. The zero-order valence-corrected chi connectivity index (χ0v) is 9.39. The van der Waals surface area contributed by atoms with Gasteiger partial charge in [-0.2, -0.15) is 4.98 Å². The van der Waals surface area contributed by atoms with Crippen molar-refractivity contribution in [2.75, 3.05) is 12.3 Å². The molecule has 1 atom stereocenters. The number of hydrogen-bond donors (Lipinski definition) is 3. The van der Waals surface area contributed by atoms with Crippen molar-refractivity contribution < 1.29 is 9.84 Å². The van der Waals surface area contributed by atoms with Gasteiger partial charge in [-0.15, -0.1) is 0 Å². The monoisotopic (exact) mass is 259 g/mol. The maximum atomic E-state index is 11.4. The van der Waals surface area contributed by atoms with E-state index in [4.69, 9.17) is 27.2 Å². The van der Waals surface area contributed by atoms with Crippen LogP contribution in [0.5, 0.6) is 0 Å². The Bertz CT molecular complexity index is 580. The molecule has 4 N–H and O–H groups in total. The SMILES string of the molecule is Nc1nc2c(ncn2COC(Cl)CO)c(=O)[nH]1. The van der Waals surface area contributed by atoms with Crippen molar-refractivity contribution in [1.29, 1.82) is 0 Å². The minimum absolute atomic E-state index is 0.00571. The number of hydrogen-bond acceptors (Lipinski definition) is 6. The summed E-state index contributed by atoms with van der Waals surface area (Å²) in [5.74, 6) is -0.00571. The number of nitrogens with two attached hydrogens (primary N) is 1. The molecule has 9 heteroatoms. The largest absolute Gasteiger partial charge is 0.392 e. The van der Waals surface area contributed by atoms with E-state index in [1.54, 1.807) is 0 Å². The first kappa shape index (κ1) is 11.8. The molecular formula is C8H10ClN5O3. The number of aromatic amines is 1. The molecule has 0 spiro atoms. The normalized spacial score (nSPS) is 13.1. The highest BCUT2D eigenvalue weighted by atomic mass is 35.5. The Kier molecular flexibility index (Phi) is 3.27. The molecule has 2 heterocycles. The van der Waals surface area contributed by atoms with Gasteiger partial charge in [0.1, 0.15) is 6.73 Å². The topological polar surface area (TPSA) is 119 Å². The van der Waals surface area contributed by atoms with E-state index in [1.807, 2.05) is 0 Å². The highest BCUT2D eigenvalue weighted by molar-refractivity contribution is 6.19. The molecule has 0 saturated heterocycles. The molecule has 92 valence electrons. The van der Waals surface area contributed by atoms with Gasteiger partial charge in [-0.3, -0.25) is 14.3 Å². The number of aliphatic hydroxyl groups is 1. The van der Waals surface area contributed by atoms with Gasteiger partial charge in [-0.05, 0) is 0 Å². The summed E-state index contributed by atoms with van der Waals surface area (Å²) in [6.45, 7) is -0.300. The van der Waals surface area contributed by atoms with Crippen molar-refractivity contribution in [2.45, 2.75) is 12.3 Å². The van der Waals surface area contributed by atoms with Crippen molar-refractivity contribution in [2.24, 2.45) is 0 Å². The quantitative estimate of drug-likeness (QED) is 0.621. The Morgan fingerprint density at radius 2 is 2.47 bits per heavy atom. The van der Waals surface area contributed by atoms with Crippen LogP contribution in [0.15, 0.2) is 11.1 Å². The van der Waals surface area contributed by atoms with Crippen molar-refractivity contribution in [3.63, 3.8) is 0 Å². The third-order valence-corrected chi connectivity index (χ3v) is 2.30. The van der Waals surface area contributed by atoms with Crippen LogP contribution in [0.1, 0.15) is 0 Å². The van der Waals surface area contributed by atoms with E-state index < -0.39 is 11.1 Å². The van der Waals surface area contributed by atoms with Crippen molar-refractivity contribution in [1.82, 2.24) is 19.5 Å². The third-order valence-electron chi connectivity index (χ3n) is 2.03. The van der Waals surface area contributed by atoms with Gasteiger partial charge in [-0.25, -0.2) is 4.98 Å². The van der Waals surface area contributed by atoms with Crippen LogP contribution < -0.4 is 11.3 Å². The van der Waals surface area contributed by atoms with Crippen LogP contribution in [-0.2, 0) is 11.5 Å². The Labute approximate surface area is 100.0 Å². The molecule has 0 bridgehead atoms. The number of nitrogen functional groups attached to an aromatic ring is 1. The van der Waals surface area contributed by atoms with Crippen molar-refractivity contribution in [3.05, 3.63) is 16.7 Å². The molecule has 0 aromatic carbocycles. The number of aromatic nitrogens is 4. The standard InChI is InChI=1S/C8H10ClN5O3/c9-4(1-15)17-3-14-2-11-5-6(14)12-8(10)13-7(5)16/h2,4,15H,1,3H2,(H3,10,12,13,16). The van der Waals surface area contributed by atoms with E-state index in [0.717, 1.165) is 0 Å². The first-order valence-electron chi connectivity index (χ1n) is 4.69. The third kappa shape index (κ3) is 2.38. The summed E-state index contributed by atoms with van der Waals surface area (Å²) in [6, 6.07) is 0. The maximum Gasteiger partial charge on any atom is 0.280 e. The lowest BCUT2D eigenvalue weighted by Gasteiger charge is -2.08. The Morgan fingerprint density at radius 1 is 1.71 bits per heavy atom. The van der Waals surface area contributed by atoms with Crippen LogP contribution in [-0.4, -0.2) is 36.8 Å². The second-order valence-corrected chi connectivity index (χ2v) is 3.71. The van der Waals surface area contributed by atoms with Gasteiger partial charge in [-0.1, -0.05) is 11.6 Å². The molecule has 2 aromatic rings. The van der Waals surface area contributed by atoms with E-state index in [9.17, 15) is 4.79 Å². The summed E-state index contributed by atoms with van der Waals surface area (Å²) in [5.41, 5.74) is 4.64. The van der Waals surface area contributed by atoms with Crippen LogP contribution in [0.25, 0.3) is 11.2 Å². The van der Waals surface area contributed by atoms with Gasteiger partial charge in [0.15, 0.2) is 16.7 Å². The number of ether oxygens (including phenoxy) is 1. The molecule has 0 saturated carbocycles. The summed E-state index contributed by atoms with van der Waals surface area (Å²) in [7, 11) is 0. The number of nitrogens with one attached hydrogen (secondary N) is 1. The molecule has 17 heavy (non-hydrogen) atoms. The Hall–Kier alpha value is -1.64. The van der Waals surface area contributed by atoms with E-state index >= 15 is 0 Å². The first-order valence-corrected chi connectivity index (χ1v) is 5.12. The lowest BCUT2D eigenvalue weighted by Crippen LogP contribution is -2.15. The molecular weight excluding hydrogens is 250 g/mol. The molecule has 2 rings (SSSR count). The Balaban J connectivity index is 2.33. The van der Waals surface area contributed by atoms with Gasteiger partial charge in [0.25, 0.3) is 5.56 Å². The smallest absolute Gasteiger partial charge is 0.280 e. The van der Waals surface area contributed by atoms with E-state index in [0.29, 0.717) is 5.65 Å². The number of halogens is 1. The maximum absolute atomic E-state index is 11.4. The van der Waals surface area contributed by atoms with E-state index in [-0.39, 0.29) is 24.8 Å². The molecule has 0 fully saturated rings. The van der Waals surface area contributed by atoms with Crippen LogP contribution in [0, 0.1) is 0 Å². The summed E-state index contributed by atoms with van der Waals surface area (Å²) >= 11 is 5.58. The molecule has 0 aliphatic rings. The van der Waals surface area contributed by atoms with E-state index in [2.05, 4.69) is 15.0 Å². The fourth-order valence-corrected chi connectivity index (χ4v) is 1.34. The molecule has 8 nitrogen and oxygen atoms in total. The van der Waals surface area contributed by atoms with E-state index in [1.165, 1.54) is 10.9 Å². The zero-order valence-electron chi connectivity index (χ0n) is 8.63. The van der Waals surface area contributed by atoms with Gasteiger partial charge < -0.3 is 15.6 Å². The fraction of sp³-hybridized carbons (Fsp3) is 0.375. The minimum atomic E-state index is -0.827. The van der Waals surface area contributed by atoms with Crippen molar-refractivity contribution in [3.8, 4) is 0 Å². The average Bonchev–Trinajstić information content (AvgIpc) is 2.69. The van der Waals surface area contributed by atoms with Gasteiger partial charge in [0.2, 0.25) is 5.95 Å². The molecule has 1 unspecified atom stereocenters. The number of aliphatic hydroxyl groups excluding tert-OH is 1. The zero-order chi connectivity index (χ0) is 12.4. The van der Waals surface area contributed by atoms with Crippen LogP contribution in [0.3, 0.4) is 0 Å². The highest BCUT2D eigenvalue weighted by Crippen LogP contribution is 2.08. The van der Waals surface area contributed by atoms with Gasteiger partial charge >= 0.3 is 0 Å². The number of anilines is 1. The second-order valence-electron chi connectivity index (χ2n) is 3.23. The predicted molar refractivity (Wildman–Crippen MR) is 60.4 cm³/mol. The number of fused-ring (bicyclic) bond motifs is 1. The van der Waals surface area contributed by atoms with Crippen LogP contribution in [0.4, 0.5) is 5.95 Å². The molecule has 0 aliphatic heterocycles. The van der Waals surface area contributed by atoms with Crippen LogP contribution >= 0.6 is 11.6 Å². The lowest BCUT2D eigenvalue weighted by molar-refractivity contribution is 0.0237. The number of H-pyrrole nitrogens is 1. The number of imidazole rings is 1. The molecule has 0 radical (unpaired) electrons. The molecule has 0 aliphatic carbocycles. The fourth-order valence-electron chi connectivity index (χ4n) is 1.28. The van der Waals surface area contributed by atoms with Crippen LogP contribution in [0.2, 0.25) is 0 Å². The van der Waals surface area contributed by atoms with Gasteiger partial charge in [0.05, 0.1) is 12.9 Å². The second kappa shape index (κ2) is 4.70. The summed E-state index contributed by atoms with van der Waals surface area (Å²) in [4.78, 5) is 21.6. The Morgan fingerprint density at radius 3 is 3.18 bits per heavy atom. The minimum Gasteiger partial charge on any atom is -0.392 e. The summed E-state index contributed by atoms with van der Waals surface area (Å²) in [6.07, 6.45) is 1.38. The number of alkyl halides is 1. The van der Waals surface area contributed by atoms with Crippen molar-refractivity contribution >= 4 is 28.7 Å². The average molecular weight is 260 g/mol. The number of rotatable bonds is 4. The summed E-state index contributed by atoms with van der Waals surface area (Å²) in [5, 5.41) is 8.69. The lowest BCUT2D eigenvalue weighted by atomic mass is 10.5. The highest BCUT2D eigenvalue weighted by Gasteiger charge is 2.10. The number of nitrogens with zero attached hydrogens (tertiary/aromatic N) is 3. The van der Waals surface area contributed by atoms with Gasteiger partial charge in [0, 0.05) is 0 Å².